The fourth-order valence-electron chi connectivity index (χ4n) is 0. The van der Waals surface area contributed by atoms with Crippen molar-refractivity contribution in [3.63, 3.8) is 0 Å². The first kappa shape index (κ1) is 8.90. The molecule has 0 spiro atoms. The second kappa shape index (κ2) is 3.84. The molecule has 0 aromatic carbocycles. The molecule has 0 fully saturated rings. The van der Waals surface area contributed by atoms with Crippen LogP contribution in [0.3, 0.4) is 0 Å². The molecule has 0 unspecified atom stereocenters. The van der Waals surface area contributed by atoms with E-state index in [2.05, 4.69) is 64.5 Å². The van der Waals surface area contributed by atoms with Crippen LogP contribution in [0.15, 0.2) is 0 Å². The summed E-state index contributed by atoms with van der Waals surface area (Å²) < 4.78 is 1.42. The Morgan fingerprint density at radius 3 is 1.50 bits per heavy atom. The molecular formula is C2H5I3Ti. The zero-order valence-electron chi connectivity index (χ0n) is 3.34. The summed E-state index contributed by atoms with van der Waals surface area (Å²) >= 11 is 7.80. The van der Waals surface area contributed by atoms with E-state index in [1.54, 1.807) is 0 Å². The van der Waals surface area contributed by atoms with Crippen molar-refractivity contribution in [3.05, 3.63) is 0 Å². The van der Waals surface area contributed by atoms with Gasteiger partial charge >= 0.3 is 74.6 Å². The van der Waals surface area contributed by atoms with Crippen LogP contribution in [-0.2, 0) is 5.34 Å². The Morgan fingerprint density at radius 1 is 1.33 bits per heavy atom. The Bertz CT molecular complexity index is 38.5. The quantitative estimate of drug-likeness (QED) is 0.417. The van der Waals surface area contributed by atoms with Gasteiger partial charge in [-0.25, -0.2) is 0 Å². The average Bonchev–Trinajstić information content (AvgIpc) is 1.35. The van der Waals surface area contributed by atoms with Gasteiger partial charge in [-0.1, -0.05) is 0 Å². The van der Waals surface area contributed by atoms with E-state index in [-0.39, 0.29) is 0 Å². The Hall–Kier alpha value is 2.90. The number of hydrogen-bond donors (Lipinski definition) is 0. The monoisotopic (exact) mass is 458 g/mol. The van der Waals surface area contributed by atoms with E-state index in [4.69, 9.17) is 0 Å². The summed E-state index contributed by atoms with van der Waals surface area (Å²) in [5.41, 5.74) is 0. The molecule has 0 rings (SSSR count). The summed E-state index contributed by atoms with van der Waals surface area (Å²) in [5, 5.41) is -1.13. The summed E-state index contributed by atoms with van der Waals surface area (Å²) in [6.07, 6.45) is 0. The molecule has 0 aromatic heterocycles. The van der Waals surface area contributed by atoms with Crippen molar-refractivity contribution in [2.75, 3.05) is 0 Å². The van der Waals surface area contributed by atoms with E-state index in [9.17, 15) is 0 Å². The van der Waals surface area contributed by atoms with Crippen LogP contribution in [0, 0.1) is 0 Å². The molecule has 0 saturated carbocycles. The van der Waals surface area contributed by atoms with Crippen molar-refractivity contribution >= 4 is 57.6 Å². The molecule has 0 nitrogen and oxygen atoms in total. The number of rotatable bonds is 1. The van der Waals surface area contributed by atoms with Crippen molar-refractivity contribution < 1.29 is 5.34 Å². The van der Waals surface area contributed by atoms with E-state index in [1.807, 2.05) is 0 Å². The first-order valence-electron chi connectivity index (χ1n) is 1.63. The molecule has 0 aromatic rings. The van der Waals surface area contributed by atoms with Crippen molar-refractivity contribution in [2.45, 2.75) is 11.6 Å². The topological polar surface area (TPSA) is 0 Å². The second-order valence-electron chi connectivity index (χ2n) is 0.969. The van der Waals surface area contributed by atoms with Crippen LogP contribution in [0.1, 0.15) is 6.92 Å². The van der Waals surface area contributed by atoms with Gasteiger partial charge in [0.2, 0.25) is 0 Å². The molecule has 0 N–H and O–H groups in total. The first-order chi connectivity index (χ1) is 2.56. The Morgan fingerprint density at radius 2 is 1.50 bits per heavy atom. The molecule has 4 heteroatoms. The molecule has 0 atom stereocenters. The van der Waals surface area contributed by atoms with Crippen LogP contribution in [0.5, 0.6) is 0 Å². The van der Waals surface area contributed by atoms with Crippen LogP contribution < -0.4 is 0 Å². The summed E-state index contributed by atoms with van der Waals surface area (Å²) in [5.74, 6) is 0. The van der Waals surface area contributed by atoms with E-state index >= 15 is 0 Å². The van der Waals surface area contributed by atoms with Gasteiger partial charge < -0.3 is 0 Å². The van der Waals surface area contributed by atoms with Crippen molar-refractivity contribution in [2.24, 2.45) is 0 Å². The fourth-order valence-corrected chi connectivity index (χ4v) is 0. The zero-order chi connectivity index (χ0) is 5.21. The van der Waals surface area contributed by atoms with Gasteiger partial charge in [-0.15, -0.1) is 0 Å². The fraction of sp³-hybridized carbons (Fsp3) is 1.00. The minimum absolute atomic E-state index is 1.13. The standard InChI is InChI=1S/C2H5.3HI.Ti/c1-2;;;;/h1H2,2H3;3*1H;/q;;;;+3/p-3. The van der Waals surface area contributed by atoms with E-state index in [0.29, 0.717) is 0 Å². The molecule has 0 aliphatic heterocycles. The van der Waals surface area contributed by atoms with Gasteiger partial charge in [0.25, 0.3) is 0 Å². The average molecular weight is 458 g/mol. The first-order valence-corrected chi connectivity index (χ1v) is 17.8. The summed E-state index contributed by atoms with van der Waals surface area (Å²) in [4.78, 5) is 0. The number of hydrogen-bond acceptors (Lipinski definition) is 0. The molecule has 0 saturated heterocycles. The SMILES string of the molecule is C[CH2][Ti]([I])([I])[I]. The maximum atomic E-state index is 2.60. The summed E-state index contributed by atoms with van der Waals surface area (Å²) in [7, 11) is 0. The zero-order valence-corrected chi connectivity index (χ0v) is 11.4. The van der Waals surface area contributed by atoms with Crippen LogP contribution in [0.4, 0.5) is 0 Å². The molecule has 0 aliphatic carbocycles. The molecule has 38 valence electrons. The number of halogens is 3. The molecule has 0 radical (unpaired) electrons. The van der Waals surface area contributed by atoms with Crippen LogP contribution in [-0.4, -0.2) is 0 Å². The van der Waals surface area contributed by atoms with E-state index in [0.717, 1.165) is 0 Å². The molecule has 6 heavy (non-hydrogen) atoms. The van der Waals surface area contributed by atoms with E-state index < -0.39 is 5.34 Å². The third kappa shape index (κ3) is 6.90. The Labute approximate surface area is 72.6 Å². The van der Waals surface area contributed by atoms with Gasteiger partial charge in [0.15, 0.2) is 0 Å². The normalized spacial score (nSPS) is 12.0. The molecular weight excluding hydrogens is 453 g/mol. The molecule has 0 aliphatic rings. The third-order valence-corrected chi connectivity index (χ3v) is 11.1. The summed E-state index contributed by atoms with van der Waals surface area (Å²) in [6, 6.07) is 0. The third-order valence-electron chi connectivity index (χ3n) is 0.401. The molecule has 0 bridgehead atoms. The Kier molecular flexibility index (Phi) is 5.70. The van der Waals surface area contributed by atoms with Crippen molar-refractivity contribution in [1.82, 2.24) is 0 Å². The maximum absolute atomic E-state index is 2.60. The van der Waals surface area contributed by atoms with Crippen LogP contribution >= 0.6 is 57.6 Å². The van der Waals surface area contributed by atoms with Gasteiger partial charge in [-0.2, -0.15) is 0 Å². The van der Waals surface area contributed by atoms with Crippen molar-refractivity contribution in [3.8, 4) is 0 Å². The molecule has 0 amide bonds. The predicted molar refractivity (Wildman–Crippen MR) is 52.5 cm³/mol. The van der Waals surface area contributed by atoms with Gasteiger partial charge in [-0.3, -0.25) is 0 Å². The Balaban J connectivity index is 3.17. The molecule has 0 heterocycles. The van der Waals surface area contributed by atoms with Crippen LogP contribution in [0.2, 0.25) is 4.73 Å². The predicted octanol–water partition coefficient (Wildman–Crippen LogP) is 3.63. The second-order valence-corrected chi connectivity index (χ2v) is 52.3. The van der Waals surface area contributed by atoms with Crippen LogP contribution in [0.25, 0.3) is 0 Å². The van der Waals surface area contributed by atoms with Gasteiger partial charge in [0, 0.05) is 0 Å². The van der Waals surface area contributed by atoms with Crippen molar-refractivity contribution in [1.29, 1.82) is 0 Å². The van der Waals surface area contributed by atoms with Gasteiger partial charge in [0.05, 0.1) is 0 Å². The van der Waals surface area contributed by atoms with Gasteiger partial charge in [-0.05, 0) is 0 Å². The van der Waals surface area contributed by atoms with E-state index in [1.165, 1.54) is 4.73 Å². The minimum atomic E-state index is -1.13. The summed E-state index contributed by atoms with van der Waals surface area (Å²) in [6.45, 7) is 2.27. The van der Waals surface area contributed by atoms with Gasteiger partial charge in [0.1, 0.15) is 0 Å².